The highest BCUT2D eigenvalue weighted by Crippen LogP contribution is 2.29. The molecule has 33 heavy (non-hydrogen) atoms. The number of rotatable bonds is 9. The fourth-order valence-electron chi connectivity index (χ4n) is 3.70. The topological polar surface area (TPSA) is 98.6 Å². The zero-order valence-electron chi connectivity index (χ0n) is 19.2. The number of nitrogens with zero attached hydrogens (tertiary/aromatic N) is 5. The zero-order chi connectivity index (χ0) is 23.2. The van der Waals surface area contributed by atoms with Gasteiger partial charge < -0.3 is 4.74 Å². The van der Waals surface area contributed by atoms with E-state index in [2.05, 4.69) is 63.0 Å². The molecule has 0 aliphatic carbocycles. The lowest BCUT2D eigenvalue weighted by molar-refractivity contribution is 0.0370. The van der Waals surface area contributed by atoms with Crippen molar-refractivity contribution in [2.24, 2.45) is 0 Å². The van der Waals surface area contributed by atoms with E-state index in [0.29, 0.717) is 18.1 Å². The molecule has 0 spiro atoms. The molecule has 1 N–H and O–H groups in total. The Morgan fingerprint density at radius 1 is 1.09 bits per heavy atom. The average molecular weight is 445 g/mol. The monoisotopic (exact) mass is 444 g/mol. The molecule has 4 aromatic rings. The molecule has 0 bridgehead atoms. The Bertz CT molecular complexity index is 1200. The highest BCUT2D eigenvalue weighted by Gasteiger charge is 2.17. The Labute approximate surface area is 193 Å². The number of tetrazole rings is 1. The van der Waals surface area contributed by atoms with E-state index in [0.717, 1.165) is 47.2 Å². The molecule has 0 radical (unpaired) electrons. The molecular formula is C25H28N6O2. The smallest absolute Gasteiger partial charge is 0.359 e. The lowest BCUT2D eigenvalue weighted by atomic mass is 9.98. The first-order chi connectivity index (χ1) is 16.0. The predicted octanol–water partition coefficient (Wildman–Crippen LogP) is 4.69. The van der Waals surface area contributed by atoms with Crippen molar-refractivity contribution in [1.29, 1.82) is 0 Å². The first kappa shape index (κ1) is 22.4. The normalized spacial score (nSPS) is 11.2. The molecule has 0 unspecified atom stereocenters. The largest absolute Gasteiger partial charge is 0.458 e. The number of nitrogens with one attached hydrogen (secondary N) is 1. The van der Waals surface area contributed by atoms with Crippen LogP contribution >= 0.6 is 0 Å². The van der Waals surface area contributed by atoms with Crippen LogP contribution in [0.25, 0.3) is 22.5 Å². The number of aromatic nitrogens is 6. The number of aromatic amines is 1. The van der Waals surface area contributed by atoms with Gasteiger partial charge in [-0.1, -0.05) is 61.9 Å². The number of benzene rings is 2. The number of carbonyl (C=O) groups is 1. The SMILES string of the molecule is CCCCc1cc(C(=O)OC(C)C)nn1Cc1ccc(-c2ccccc2-c2nnn[nH]2)cc1. The number of aryl methyl sites for hydroxylation is 1. The van der Waals surface area contributed by atoms with Gasteiger partial charge in [-0.25, -0.2) is 9.89 Å². The third kappa shape index (κ3) is 5.34. The van der Waals surface area contributed by atoms with Gasteiger partial charge in [0, 0.05) is 11.3 Å². The molecule has 8 nitrogen and oxygen atoms in total. The Hall–Kier alpha value is -3.81. The standard InChI is InChI=1S/C25H28N6O2/c1-4-5-8-20-15-23(25(32)33-17(2)3)28-31(20)16-18-11-13-19(14-12-18)21-9-6-7-10-22(21)24-26-29-30-27-24/h6-7,9-15,17H,4-5,8,16H2,1-3H3,(H,26,27,29,30). The van der Waals surface area contributed by atoms with Gasteiger partial charge in [0.25, 0.3) is 0 Å². The second kappa shape index (κ2) is 10.2. The van der Waals surface area contributed by atoms with Crippen LogP contribution in [-0.2, 0) is 17.7 Å². The molecule has 0 saturated carbocycles. The maximum absolute atomic E-state index is 12.4. The zero-order valence-corrected chi connectivity index (χ0v) is 19.2. The van der Waals surface area contributed by atoms with Crippen molar-refractivity contribution in [3.63, 3.8) is 0 Å². The maximum atomic E-state index is 12.4. The lowest BCUT2D eigenvalue weighted by Crippen LogP contribution is -2.13. The second-order valence-corrected chi connectivity index (χ2v) is 8.23. The van der Waals surface area contributed by atoms with Gasteiger partial charge in [-0.3, -0.25) is 4.68 Å². The summed E-state index contributed by atoms with van der Waals surface area (Å²) in [6.45, 7) is 6.42. The van der Waals surface area contributed by atoms with Gasteiger partial charge in [0.15, 0.2) is 11.5 Å². The number of esters is 1. The van der Waals surface area contributed by atoms with Crippen LogP contribution in [-0.4, -0.2) is 42.5 Å². The molecule has 0 aliphatic rings. The number of ether oxygens (including phenoxy) is 1. The summed E-state index contributed by atoms with van der Waals surface area (Å²) >= 11 is 0. The summed E-state index contributed by atoms with van der Waals surface area (Å²) in [5.74, 6) is 0.253. The highest BCUT2D eigenvalue weighted by molar-refractivity contribution is 5.87. The van der Waals surface area contributed by atoms with Crippen molar-refractivity contribution in [3.8, 4) is 22.5 Å². The van der Waals surface area contributed by atoms with Gasteiger partial charge in [-0.15, -0.1) is 5.10 Å². The third-order valence-electron chi connectivity index (χ3n) is 5.33. The summed E-state index contributed by atoms with van der Waals surface area (Å²) < 4.78 is 7.25. The Kier molecular flexibility index (Phi) is 6.92. The van der Waals surface area contributed by atoms with Crippen molar-refractivity contribution in [3.05, 3.63) is 71.5 Å². The molecule has 0 fully saturated rings. The summed E-state index contributed by atoms with van der Waals surface area (Å²) in [6.07, 6.45) is 2.81. The van der Waals surface area contributed by atoms with Gasteiger partial charge in [0.1, 0.15) is 0 Å². The summed E-state index contributed by atoms with van der Waals surface area (Å²) in [4.78, 5) is 12.4. The van der Waals surface area contributed by atoms with Crippen LogP contribution in [0.1, 0.15) is 55.4 Å². The molecule has 170 valence electrons. The number of hydrogen-bond donors (Lipinski definition) is 1. The minimum Gasteiger partial charge on any atom is -0.458 e. The summed E-state index contributed by atoms with van der Waals surface area (Å²) in [7, 11) is 0. The first-order valence-corrected chi connectivity index (χ1v) is 11.2. The molecule has 2 heterocycles. The average Bonchev–Trinajstić information content (AvgIpc) is 3.48. The van der Waals surface area contributed by atoms with Gasteiger partial charge in [0.2, 0.25) is 0 Å². The maximum Gasteiger partial charge on any atom is 0.359 e. The fraction of sp³-hybridized carbons (Fsp3) is 0.320. The quantitative estimate of drug-likeness (QED) is 0.376. The number of carbonyl (C=O) groups excluding carboxylic acids is 1. The van der Waals surface area contributed by atoms with E-state index in [4.69, 9.17) is 4.74 Å². The van der Waals surface area contributed by atoms with E-state index in [-0.39, 0.29) is 12.1 Å². The van der Waals surface area contributed by atoms with E-state index >= 15 is 0 Å². The van der Waals surface area contributed by atoms with Crippen molar-refractivity contribution in [1.82, 2.24) is 30.4 Å². The first-order valence-electron chi connectivity index (χ1n) is 11.2. The van der Waals surface area contributed by atoms with Crippen LogP contribution in [0.3, 0.4) is 0 Å². The fourth-order valence-corrected chi connectivity index (χ4v) is 3.70. The van der Waals surface area contributed by atoms with Crippen LogP contribution < -0.4 is 0 Å². The Balaban J connectivity index is 1.57. The molecule has 2 aromatic carbocycles. The van der Waals surface area contributed by atoms with Crippen LogP contribution in [0.15, 0.2) is 54.6 Å². The van der Waals surface area contributed by atoms with Crippen molar-refractivity contribution in [2.75, 3.05) is 0 Å². The minimum atomic E-state index is -0.379. The molecule has 4 rings (SSSR count). The highest BCUT2D eigenvalue weighted by atomic mass is 16.5. The number of unbranched alkanes of at least 4 members (excludes halogenated alkanes) is 1. The molecular weight excluding hydrogens is 416 g/mol. The molecule has 0 aliphatic heterocycles. The van der Waals surface area contributed by atoms with E-state index < -0.39 is 0 Å². The van der Waals surface area contributed by atoms with E-state index in [1.807, 2.05) is 42.8 Å². The molecule has 0 atom stereocenters. The summed E-state index contributed by atoms with van der Waals surface area (Å²) in [6, 6.07) is 18.2. The van der Waals surface area contributed by atoms with Crippen LogP contribution in [0.2, 0.25) is 0 Å². The molecule has 8 heteroatoms. The van der Waals surface area contributed by atoms with Crippen LogP contribution in [0.5, 0.6) is 0 Å². The number of H-pyrrole nitrogens is 1. The Morgan fingerprint density at radius 2 is 1.85 bits per heavy atom. The van der Waals surface area contributed by atoms with Gasteiger partial charge in [-0.05, 0) is 59.9 Å². The van der Waals surface area contributed by atoms with Gasteiger partial charge in [0.05, 0.1) is 12.6 Å². The summed E-state index contributed by atoms with van der Waals surface area (Å²) in [5, 5.41) is 18.8. The van der Waals surface area contributed by atoms with Gasteiger partial charge in [-0.2, -0.15) is 5.10 Å². The van der Waals surface area contributed by atoms with Gasteiger partial charge >= 0.3 is 5.97 Å². The van der Waals surface area contributed by atoms with Crippen molar-refractivity contribution in [2.45, 2.75) is 52.7 Å². The number of hydrogen-bond acceptors (Lipinski definition) is 6. The van der Waals surface area contributed by atoms with Crippen molar-refractivity contribution < 1.29 is 9.53 Å². The van der Waals surface area contributed by atoms with E-state index in [9.17, 15) is 4.79 Å². The Morgan fingerprint density at radius 3 is 2.52 bits per heavy atom. The summed E-state index contributed by atoms with van der Waals surface area (Å²) in [5.41, 5.74) is 5.56. The second-order valence-electron chi connectivity index (χ2n) is 8.23. The molecule has 2 aromatic heterocycles. The van der Waals surface area contributed by atoms with E-state index in [1.165, 1.54) is 0 Å². The lowest BCUT2D eigenvalue weighted by Gasteiger charge is -2.10. The molecule has 0 amide bonds. The predicted molar refractivity (Wildman–Crippen MR) is 126 cm³/mol. The van der Waals surface area contributed by atoms with Crippen molar-refractivity contribution >= 4 is 5.97 Å². The van der Waals surface area contributed by atoms with Crippen LogP contribution in [0, 0.1) is 0 Å². The molecule has 0 saturated heterocycles. The van der Waals surface area contributed by atoms with E-state index in [1.54, 1.807) is 0 Å². The van der Waals surface area contributed by atoms with Crippen LogP contribution in [0.4, 0.5) is 0 Å². The minimum absolute atomic E-state index is 0.176. The third-order valence-corrected chi connectivity index (χ3v) is 5.33.